The van der Waals surface area contributed by atoms with Crippen molar-refractivity contribution in [2.75, 3.05) is 86.0 Å². The molecule has 0 aromatic heterocycles. The topological polar surface area (TPSA) is 89.2 Å². The molecule has 9 heteroatoms. The molecule has 0 radical (unpaired) electrons. The molecule has 0 saturated carbocycles. The molecular weight excluding hydrogens is 450 g/mol. The fourth-order valence-electron chi connectivity index (χ4n) is 7.26. The molecule has 2 fully saturated rings. The second-order valence-corrected chi connectivity index (χ2v) is 10.5. The number of nitrogens with zero attached hydrogens (tertiary/aromatic N) is 2. The first-order valence-electron chi connectivity index (χ1n) is 12.7. The zero-order valence-corrected chi connectivity index (χ0v) is 20.2. The zero-order valence-electron chi connectivity index (χ0n) is 20.2. The first-order valence-corrected chi connectivity index (χ1v) is 12.7. The van der Waals surface area contributed by atoms with Gasteiger partial charge in [0.25, 0.3) is 0 Å². The molecule has 5 aliphatic heterocycles. The number of morpholine rings is 2. The van der Waals surface area contributed by atoms with Crippen LogP contribution in [-0.4, -0.2) is 102 Å². The number of benzene rings is 1. The van der Waals surface area contributed by atoms with E-state index in [1.54, 1.807) is 7.11 Å². The molecular formula is C26H33N3O6+2. The Kier molecular flexibility index (Phi) is 4.78. The molecule has 5 heterocycles. The zero-order chi connectivity index (χ0) is 23.8. The highest BCUT2D eigenvalue weighted by Gasteiger charge is 2.64. The predicted molar refractivity (Wildman–Crippen MR) is 127 cm³/mol. The Labute approximate surface area is 204 Å². The van der Waals surface area contributed by atoms with Gasteiger partial charge < -0.3 is 23.7 Å². The second kappa shape index (κ2) is 7.61. The summed E-state index contributed by atoms with van der Waals surface area (Å²) >= 11 is 0. The van der Waals surface area contributed by atoms with Gasteiger partial charge in [0.05, 0.1) is 45.7 Å². The van der Waals surface area contributed by atoms with Crippen LogP contribution in [0, 0.1) is 5.92 Å². The van der Waals surface area contributed by atoms with Crippen molar-refractivity contribution >= 4 is 17.0 Å². The van der Waals surface area contributed by atoms with Crippen molar-refractivity contribution in [1.29, 1.82) is 0 Å². The Morgan fingerprint density at radius 1 is 0.943 bits per heavy atom. The molecule has 2 aliphatic carbocycles. The molecule has 0 amide bonds. The van der Waals surface area contributed by atoms with Crippen LogP contribution in [0.4, 0.5) is 5.69 Å². The number of methoxy groups -OCH3 is 1. The van der Waals surface area contributed by atoms with Crippen molar-refractivity contribution < 1.29 is 33.0 Å². The van der Waals surface area contributed by atoms with Gasteiger partial charge in [-0.3, -0.25) is 19.5 Å². The number of carbonyl (C=O) groups excluding carboxylic acids is 1. The highest BCUT2D eigenvalue weighted by Crippen LogP contribution is 2.57. The summed E-state index contributed by atoms with van der Waals surface area (Å²) in [6, 6.07) is 6.10. The maximum Gasteiger partial charge on any atom is 0.218 e. The van der Waals surface area contributed by atoms with Gasteiger partial charge in [-0.25, -0.2) is 0 Å². The Morgan fingerprint density at radius 3 is 2.31 bits per heavy atom. The Morgan fingerprint density at radius 2 is 1.60 bits per heavy atom. The Bertz CT molecular complexity index is 1160. The van der Waals surface area contributed by atoms with Crippen LogP contribution in [0.25, 0.3) is 5.57 Å². The first kappa shape index (κ1) is 22.0. The van der Waals surface area contributed by atoms with E-state index in [4.69, 9.17) is 29.4 Å². The normalized spacial score (nSPS) is 32.6. The fraction of sp³-hybridized carbons (Fsp3) is 0.577. The summed E-state index contributed by atoms with van der Waals surface area (Å²) < 4.78 is 32.2. The lowest BCUT2D eigenvalue weighted by Crippen LogP contribution is -2.61. The van der Waals surface area contributed by atoms with Crippen LogP contribution in [0.5, 0.6) is 0 Å². The van der Waals surface area contributed by atoms with E-state index in [0.29, 0.717) is 55.4 Å². The molecule has 2 unspecified atom stereocenters. The fourth-order valence-corrected chi connectivity index (χ4v) is 7.26. The average molecular weight is 484 g/mol. The lowest BCUT2D eigenvalue weighted by Gasteiger charge is -2.47. The number of fused-ring (bicyclic) bond motifs is 2. The van der Waals surface area contributed by atoms with Crippen LogP contribution < -0.4 is 10.2 Å². The minimum Gasteiger partial charge on any atom is -0.490 e. The number of ether oxygens (including phenoxy) is 5. The smallest absolute Gasteiger partial charge is 0.218 e. The van der Waals surface area contributed by atoms with Crippen LogP contribution in [0.2, 0.25) is 0 Å². The highest BCUT2D eigenvalue weighted by atomic mass is 16.6. The molecule has 2 atom stereocenters. The third kappa shape index (κ3) is 2.76. The van der Waals surface area contributed by atoms with E-state index in [1.165, 1.54) is 0 Å². The molecule has 8 rings (SSSR count). The van der Waals surface area contributed by atoms with Gasteiger partial charge in [-0.15, -0.1) is 0 Å². The van der Waals surface area contributed by atoms with Gasteiger partial charge in [0.15, 0.2) is 17.3 Å². The van der Waals surface area contributed by atoms with E-state index in [-0.39, 0.29) is 5.78 Å². The average Bonchev–Trinajstić information content (AvgIpc) is 3.15. The lowest BCUT2D eigenvalue weighted by atomic mass is 9.79. The highest BCUT2D eigenvalue weighted by molar-refractivity contribution is 6.18. The molecule has 2 saturated heterocycles. The number of nitrogens with two attached hydrogens (primary N) is 1. The maximum absolute atomic E-state index is 14.1. The van der Waals surface area contributed by atoms with E-state index >= 15 is 0 Å². The van der Waals surface area contributed by atoms with Crippen molar-refractivity contribution in [1.82, 2.24) is 4.48 Å². The predicted octanol–water partition coefficient (Wildman–Crippen LogP) is 0.982. The van der Waals surface area contributed by atoms with E-state index < -0.39 is 11.6 Å². The summed E-state index contributed by atoms with van der Waals surface area (Å²) in [7, 11) is 1.70. The van der Waals surface area contributed by atoms with Gasteiger partial charge in [0.1, 0.15) is 57.5 Å². The molecule has 2 spiro atoms. The van der Waals surface area contributed by atoms with E-state index in [2.05, 4.69) is 6.07 Å². The Hall–Kier alpha value is -2.27. The molecule has 1 aromatic carbocycles. The van der Waals surface area contributed by atoms with Crippen LogP contribution in [0.3, 0.4) is 0 Å². The first-order chi connectivity index (χ1) is 17.0. The lowest BCUT2D eigenvalue weighted by molar-refractivity contribution is -0.899. The summed E-state index contributed by atoms with van der Waals surface area (Å²) in [5.74, 6) is 0.577. The monoisotopic (exact) mass is 483 g/mol. The molecule has 35 heavy (non-hydrogen) atoms. The van der Waals surface area contributed by atoms with Crippen LogP contribution in [-0.2, 0) is 23.7 Å². The summed E-state index contributed by atoms with van der Waals surface area (Å²) in [6.07, 6.45) is 0. The van der Waals surface area contributed by atoms with Gasteiger partial charge in [0, 0.05) is 11.1 Å². The van der Waals surface area contributed by atoms with Crippen LogP contribution >= 0.6 is 0 Å². The second-order valence-electron chi connectivity index (χ2n) is 10.5. The quantitative estimate of drug-likeness (QED) is 0.596. The third-order valence-corrected chi connectivity index (χ3v) is 9.06. The molecule has 2 N–H and O–H groups in total. The van der Waals surface area contributed by atoms with Gasteiger partial charge in [-0.1, -0.05) is 12.1 Å². The van der Waals surface area contributed by atoms with Gasteiger partial charge in [-0.2, -0.15) is 0 Å². The van der Waals surface area contributed by atoms with Crippen molar-refractivity contribution in [3.05, 3.63) is 46.5 Å². The van der Waals surface area contributed by atoms with Gasteiger partial charge >= 0.3 is 0 Å². The summed E-state index contributed by atoms with van der Waals surface area (Å²) in [5.41, 5.74) is 10.4. The number of hydrogen-bond acceptors (Lipinski definition) is 7. The minimum atomic E-state index is -1.37. The summed E-state index contributed by atoms with van der Waals surface area (Å²) in [6.45, 7) is 8.28. The van der Waals surface area contributed by atoms with Gasteiger partial charge in [0.2, 0.25) is 11.5 Å². The number of hydrogen-bond donors (Lipinski definition) is 1. The minimum absolute atomic E-state index is 0.0159. The molecule has 6 bridgehead atoms. The molecule has 1 aromatic rings. The number of quaternary nitrogens is 2. The largest absolute Gasteiger partial charge is 0.490 e. The number of ketones is 1. The van der Waals surface area contributed by atoms with Gasteiger partial charge in [-0.05, 0) is 6.07 Å². The van der Waals surface area contributed by atoms with Crippen molar-refractivity contribution in [3.63, 3.8) is 0 Å². The van der Waals surface area contributed by atoms with Crippen molar-refractivity contribution in [2.45, 2.75) is 5.72 Å². The molecule has 7 aliphatic rings. The number of rotatable bonds is 1. The van der Waals surface area contributed by atoms with E-state index in [1.807, 2.05) is 12.1 Å². The summed E-state index contributed by atoms with van der Waals surface area (Å²) in [4.78, 5) is 14.1. The number of Topliss-reactive ketones (excluding diaryl/α,β-unsaturated/α-hetero) is 1. The van der Waals surface area contributed by atoms with E-state index in [0.717, 1.165) is 72.0 Å². The molecule has 9 nitrogen and oxygen atoms in total. The van der Waals surface area contributed by atoms with Crippen LogP contribution in [0.15, 0.2) is 35.4 Å². The maximum atomic E-state index is 14.1. The third-order valence-electron chi connectivity index (χ3n) is 9.06. The SMILES string of the molecule is COC1=C2c3c4cccc3[N+]3(CCOCC3)CCOC3=C1[N+]1(CCOCC1)CCOC3(N)C2C4=O. The van der Waals surface area contributed by atoms with E-state index in [9.17, 15) is 4.79 Å². The standard InChI is InChI=1S/C26H33N3O6/c1-31-24-20-19-17-3-2-4-18(19)28(5-11-32-12-6-28)9-15-34-25-22(24)29(7-13-33-14-8-29)10-16-35-26(25,27)21(20)23(17)30/h2-4,21H,5-16,27H2,1H3/q+2. The van der Waals surface area contributed by atoms with Crippen molar-refractivity contribution in [2.24, 2.45) is 11.7 Å². The molecule has 186 valence electrons. The summed E-state index contributed by atoms with van der Waals surface area (Å²) in [5, 5.41) is 0. The van der Waals surface area contributed by atoms with Crippen molar-refractivity contribution in [3.8, 4) is 0 Å². The number of carbonyl (C=O) groups is 1. The Balaban J connectivity index is 1.57. The van der Waals surface area contributed by atoms with Crippen LogP contribution in [0.1, 0.15) is 15.9 Å².